The van der Waals surface area contributed by atoms with Crippen molar-refractivity contribution < 1.29 is 14.3 Å². The first-order chi connectivity index (χ1) is 8.20. The van der Waals surface area contributed by atoms with Gasteiger partial charge in [-0.2, -0.15) is 5.10 Å². The molecule has 1 aliphatic rings. The molecule has 1 aliphatic carbocycles. The Bertz CT molecular complexity index is 458. The maximum atomic E-state index is 11.7. The Morgan fingerprint density at radius 2 is 2.29 bits per heavy atom. The predicted molar refractivity (Wildman–Crippen MR) is 60.6 cm³/mol. The van der Waals surface area contributed by atoms with Gasteiger partial charge in [0.1, 0.15) is 0 Å². The summed E-state index contributed by atoms with van der Waals surface area (Å²) in [7, 11) is 0. The SMILES string of the molecule is CCOC(=O)C=CC(=O)c1cnn(C2CC2)c1. The third kappa shape index (κ3) is 3.03. The number of esters is 1. The van der Waals surface area contributed by atoms with Crippen molar-refractivity contribution >= 4 is 11.8 Å². The summed E-state index contributed by atoms with van der Waals surface area (Å²) in [5, 5.41) is 4.11. The second kappa shape index (κ2) is 4.95. The van der Waals surface area contributed by atoms with Crippen LogP contribution in [0.3, 0.4) is 0 Å². The molecule has 0 radical (unpaired) electrons. The summed E-state index contributed by atoms with van der Waals surface area (Å²) in [5.41, 5.74) is 0.498. The van der Waals surface area contributed by atoms with Crippen LogP contribution in [0.4, 0.5) is 0 Å². The number of hydrogen-bond acceptors (Lipinski definition) is 4. The lowest BCUT2D eigenvalue weighted by molar-refractivity contribution is -0.137. The van der Waals surface area contributed by atoms with E-state index in [2.05, 4.69) is 9.84 Å². The molecule has 5 nitrogen and oxygen atoms in total. The topological polar surface area (TPSA) is 61.2 Å². The van der Waals surface area contributed by atoms with Gasteiger partial charge in [0.05, 0.1) is 24.4 Å². The molecule has 1 aromatic heterocycles. The van der Waals surface area contributed by atoms with Gasteiger partial charge in [0, 0.05) is 12.3 Å². The van der Waals surface area contributed by atoms with Crippen molar-refractivity contribution in [2.24, 2.45) is 0 Å². The number of ketones is 1. The molecular weight excluding hydrogens is 220 g/mol. The van der Waals surface area contributed by atoms with Crippen molar-refractivity contribution in [1.29, 1.82) is 0 Å². The Balaban J connectivity index is 1.96. The Labute approximate surface area is 99.1 Å². The number of nitrogens with zero attached hydrogens (tertiary/aromatic N) is 2. The van der Waals surface area contributed by atoms with Crippen molar-refractivity contribution in [2.75, 3.05) is 6.61 Å². The summed E-state index contributed by atoms with van der Waals surface area (Å²) in [5.74, 6) is -0.736. The largest absolute Gasteiger partial charge is 0.463 e. The molecule has 1 heterocycles. The second-order valence-electron chi connectivity index (χ2n) is 3.89. The molecule has 0 amide bonds. The van der Waals surface area contributed by atoms with E-state index in [1.165, 1.54) is 12.3 Å². The zero-order valence-corrected chi connectivity index (χ0v) is 9.63. The van der Waals surface area contributed by atoms with Gasteiger partial charge in [0.15, 0.2) is 5.78 Å². The number of rotatable bonds is 5. The average molecular weight is 234 g/mol. The van der Waals surface area contributed by atoms with E-state index in [0.717, 1.165) is 18.9 Å². The van der Waals surface area contributed by atoms with Crippen LogP contribution in [0.1, 0.15) is 36.2 Å². The number of ether oxygens (including phenoxy) is 1. The van der Waals surface area contributed by atoms with Gasteiger partial charge in [-0.3, -0.25) is 9.48 Å². The monoisotopic (exact) mass is 234 g/mol. The molecule has 0 spiro atoms. The first kappa shape index (κ1) is 11.6. The van der Waals surface area contributed by atoms with Crippen LogP contribution in [-0.2, 0) is 9.53 Å². The molecule has 1 fully saturated rings. The second-order valence-corrected chi connectivity index (χ2v) is 3.89. The fourth-order valence-electron chi connectivity index (χ4n) is 1.43. The van der Waals surface area contributed by atoms with Crippen molar-refractivity contribution in [2.45, 2.75) is 25.8 Å². The van der Waals surface area contributed by atoms with Crippen LogP contribution >= 0.6 is 0 Å². The molecule has 0 N–H and O–H groups in total. The minimum absolute atomic E-state index is 0.232. The van der Waals surface area contributed by atoms with Crippen LogP contribution in [0.2, 0.25) is 0 Å². The van der Waals surface area contributed by atoms with Gasteiger partial charge in [-0.15, -0.1) is 0 Å². The van der Waals surface area contributed by atoms with Crippen LogP contribution in [0.25, 0.3) is 0 Å². The molecule has 1 saturated carbocycles. The fraction of sp³-hybridized carbons (Fsp3) is 0.417. The smallest absolute Gasteiger partial charge is 0.330 e. The lowest BCUT2D eigenvalue weighted by Gasteiger charge is -1.94. The highest BCUT2D eigenvalue weighted by Crippen LogP contribution is 2.33. The first-order valence-electron chi connectivity index (χ1n) is 5.64. The molecule has 0 unspecified atom stereocenters. The maximum Gasteiger partial charge on any atom is 0.330 e. The van der Waals surface area contributed by atoms with Crippen LogP contribution in [0, 0.1) is 0 Å². The summed E-state index contributed by atoms with van der Waals surface area (Å²) in [6.45, 7) is 2.02. The number of aromatic nitrogens is 2. The molecule has 0 aromatic carbocycles. The molecule has 0 bridgehead atoms. The van der Waals surface area contributed by atoms with Crippen molar-refractivity contribution in [1.82, 2.24) is 9.78 Å². The number of carbonyl (C=O) groups excluding carboxylic acids is 2. The van der Waals surface area contributed by atoms with Gasteiger partial charge in [-0.1, -0.05) is 0 Å². The molecule has 0 atom stereocenters. The summed E-state index contributed by atoms with van der Waals surface area (Å²) in [6.07, 6.45) is 7.83. The van der Waals surface area contributed by atoms with E-state index < -0.39 is 5.97 Å². The molecule has 17 heavy (non-hydrogen) atoms. The lowest BCUT2D eigenvalue weighted by atomic mass is 10.2. The van der Waals surface area contributed by atoms with E-state index in [0.29, 0.717) is 18.2 Å². The summed E-state index contributed by atoms with van der Waals surface area (Å²) in [4.78, 5) is 22.7. The predicted octanol–water partition coefficient (Wildman–Crippen LogP) is 1.52. The Kier molecular flexibility index (Phi) is 3.37. The summed E-state index contributed by atoms with van der Waals surface area (Å²) < 4.78 is 6.48. The van der Waals surface area contributed by atoms with Gasteiger partial charge in [-0.25, -0.2) is 4.79 Å². The minimum atomic E-state index is -0.504. The van der Waals surface area contributed by atoms with Crippen LogP contribution in [0.15, 0.2) is 24.5 Å². The molecule has 1 aromatic rings. The molecular formula is C12H14N2O3. The average Bonchev–Trinajstić information content (AvgIpc) is 3.05. The van der Waals surface area contributed by atoms with E-state index in [-0.39, 0.29) is 5.78 Å². The standard InChI is InChI=1S/C12H14N2O3/c1-2-17-12(16)6-5-11(15)9-7-13-14(8-9)10-3-4-10/h5-8,10H,2-4H2,1H3. The van der Waals surface area contributed by atoms with E-state index in [1.807, 2.05) is 0 Å². The van der Waals surface area contributed by atoms with Gasteiger partial charge in [-0.05, 0) is 25.8 Å². The first-order valence-corrected chi connectivity index (χ1v) is 5.64. The molecule has 0 aliphatic heterocycles. The van der Waals surface area contributed by atoms with E-state index in [4.69, 9.17) is 0 Å². The fourth-order valence-corrected chi connectivity index (χ4v) is 1.43. The molecule has 2 rings (SSSR count). The van der Waals surface area contributed by atoms with Crippen LogP contribution < -0.4 is 0 Å². The molecule has 0 saturated heterocycles. The third-order valence-electron chi connectivity index (χ3n) is 2.46. The van der Waals surface area contributed by atoms with E-state index in [1.54, 1.807) is 17.8 Å². The number of hydrogen-bond donors (Lipinski definition) is 0. The van der Waals surface area contributed by atoms with Gasteiger partial charge < -0.3 is 4.74 Å². The molecule has 5 heteroatoms. The number of carbonyl (C=O) groups is 2. The number of allylic oxidation sites excluding steroid dienone is 1. The lowest BCUT2D eigenvalue weighted by Crippen LogP contribution is -2.01. The quantitative estimate of drug-likeness (QED) is 0.440. The Hall–Kier alpha value is -1.91. The zero-order valence-electron chi connectivity index (χ0n) is 9.63. The van der Waals surface area contributed by atoms with Gasteiger partial charge in [0.25, 0.3) is 0 Å². The minimum Gasteiger partial charge on any atom is -0.463 e. The third-order valence-corrected chi connectivity index (χ3v) is 2.46. The Morgan fingerprint density at radius 3 is 2.94 bits per heavy atom. The maximum absolute atomic E-state index is 11.7. The summed E-state index contributed by atoms with van der Waals surface area (Å²) >= 11 is 0. The van der Waals surface area contributed by atoms with E-state index >= 15 is 0 Å². The van der Waals surface area contributed by atoms with E-state index in [9.17, 15) is 9.59 Å². The molecule has 90 valence electrons. The van der Waals surface area contributed by atoms with Crippen LogP contribution in [-0.4, -0.2) is 28.1 Å². The van der Waals surface area contributed by atoms with Crippen molar-refractivity contribution in [3.05, 3.63) is 30.1 Å². The van der Waals surface area contributed by atoms with Crippen molar-refractivity contribution in [3.8, 4) is 0 Å². The van der Waals surface area contributed by atoms with Crippen molar-refractivity contribution in [3.63, 3.8) is 0 Å². The van der Waals surface area contributed by atoms with Gasteiger partial charge >= 0.3 is 5.97 Å². The zero-order chi connectivity index (χ0) is 12.3. The highest BCUT2D eigenvalue weighted by molar-refractivity contribution is 6.06. The Morgan fingerprint density at radius 1 is 1.53 bits per heavy atom. The van der Waals surface area contributed by atoms with Crippen LogP contribution in [0.5, 0.6) is 0 Å². The summed E-state index contributed by atoms with van der Waals surface area (Å²) in [6, 6.07) is 0.450. The normalized spacial score (nSPS) is 15.1. The van der Waals surface area contributed by atoms with Gasteiger partial charge in [0.2, 0.25) is 0 Å². The highest BCUT2D eigenvalue weighted by Gasteiger charge is 2.24. The highest BCUT2D eigenvalue weighted by atomic mass is 16.5.